The number of esters is 1. The van der Waals surface area contributed by atoms with Gasteiger partial charge in [-0.3, -0.25) is 19.3 Å². The SMILES string of the molecule is CC(OC(=O)CN1C(=O)NC2(CCC(C(C)(C)C)CC2)C1=O)C(=O)NC1CCCCC1. The first-order valence-corrected chi connectivity index (χ1v) is 11.7. The maximum Gasteiger partial charge on any atom is 0.327 e. The number of carbonyl (C=O) groups excluding carboxylic acids is 4. The first-order valence-electron chi connectivity index (χ1n) is 11.7. The summed E-state index contributed by atoms with van der Waals surface area (Å²) in [6, 6.07) is -0.438. The molecule has 0 bridgehead atoms. The lowest BCUT2D eigenvalue weighted by Gasteiger charge is -2.40. The van der Waals surface area contributed by atoms with Crippen molar-refractivity contribution in [1.82, 2.24) is 15.5 Å². The van der Waals surface area contributed by atoms with Gasteiger partial charge in [-0.1, -0.05) is 40.0 Å². The molecule has 8 heteroatoms. The molecule has 3 aliphatic rings. The Morgan fingerprint density at radius 1 is 1.13 bits per heavy atom. The van der Waals surface area contributed by atoms with Crippen LogP contribution in [0.4, 0.5) is 4.79 Å². The highest BCUT2D eigenvalue weighted by atomic mass is 16.5. The van der Waals surface area contributed by atoms with Crippen molar-refractivity contribution in [2.75, 3.05) is 6.54 Å². The average Bonchev–Trinajstić information content (AvgIpc) is 2.92. The third-order valence-electron chi connectivity index (χ3n) is 7.23. The summed E-state index contributed by atoms with van der Waals surface area (Å²) in [5.41, 5.74) is -0.756. The highest BCUT2D eigenvalue weighted by Crippen LogP contribution is 2.43. The van der Waals surface area contributed by atoms with Gasteiger partial charge in [-0.25, -0.2) is 4.79 Å². The number of imide groups is 1. The van der Waals surface area contributed by atoms with Crippen molar-refractivity contribution in [2.45, 2.75) is 103 Å². The van der Waals surface area contributed by atoms with Crippen LogP contribution in [0.25, 0.3) is 0 Å². The summed E-state index contributed by atoms with van der Waals surface area (Å²) < 4.78 is 5.22. The zero-order valence-corrected chi connectivity index (χ0v) is 19.3. The van der Waals surface area contributed by atoms with Gasteiger partial charge in [0.1, 0.15) is 12.1 Å². The Morgan fingerprint density at radius 2 is 1.74 bits per heavy atom. The quantitative estimate of drug-likeness (QED) is 0.510. The van der Waals surface area contributed by atoms with Gasteiger partial charge in [0, 0.05) is 6.04 Å². The molecule has 1 saturated heterocycles. The number of amides is 4. The van der Waals surface area contributed by atoms with E-state index in [1.807, 2.05) is 0 Å². The average molecular weight is 436 g/mol. The minimum Gasteiger partial charge on any atom is -0.451 e. The molecule has 174 valence electrons. The maximum atomic E-state index is 13.0. The fourth-order valence-electron chi connectivity index (χ4n) is 5.12. The number of hydrogen-bond donors (Lipinski definition) is 2. The summed E-state index contributed by atoms with van der Waals surface area (Å²) >= 11 is 0. The van der Waals surface area contributed by atoms with Gasteiger partial charge in [0.25, 0.3) is 11.8 Å². The Balaban J connectivity index is 1.51. The number of rotatable bonds is 5. The second-order valence-corrected chi connectivity index (χ2v) is 10.5. The fourth-order valence-corrected chi connectivity index (χ4v) is 5.12. The van der Waals surface area contributed by atoms with Gasteiger partial charge in [-0.2, -0.15) is 0 Å². The number of nitrogens with one attached hydrogen (secondary N) is 2. The van der Waals surface area contributed by atoms with Crippen molar-refractivity contribution in [3.63, 3.8) is 0 Å². The van der Waals surface area contributed by atoms with Crippen LogP contribution in [0, 0.1) is 11.3 Å². The number of hydrogen-bond acceptors (Lipinski definition) is 5. The Labute approximate surface area is 184 Å². The lowest BCUT2D eigenvalue weighted by atomic mass is 9.67. The fraction of sp³-hybridized carbons (Fsp3) is 0.826. The Kier molecular flexibility index (Phi) is 6.96. The summed E-state index contributed by atoms with van der Waals surface area (Å²) in [6.45, 7) is 7.61. The van der Waals surface area contributed by atoms with Gasteiger partial charge in [0.15, 0.2) is 6.10 Å². The smallest absolute Gasteiger partial charge is 0.327 e. The number of nitrogens with zero attached hydrogens (tertiary/aromatic N) is 1. The molecule has 1 aliphatic heterocycles. The molecule has 2 aliphatic carbocycles. The predicted octanol–water partition coefficient (Wildman–Crippen LogP) is 2.89. The largest absolute Gasteiger partial charge is 0.451 e. The molecule has 0 aromatic rings. The van der Waals surface area contributed by atoms with E-state index < -0.39 is 30.2 Å². The minimum atomic E-state index is -0.966. The zero-order valence-electron chi connectivity index (χ0n) is 19.3. The van der Waals surface area contributed by atoms with Crippen molar-refractivity contribution in [1.29, 1.82) is 0 Å². The lowest BCUT2D eigenvalue weighted by Crippen LogP contribution is -2.51. The van der Waals surface area contributed by atoms with E-state index in [4.69, 9.17) is 4.74 Å². The minimum absolute atomic E-state index is 0.122. The highest BCUT2D eigenvalue weighted by Gasteiger charge is 2.53. The molecule has 1 heterocycles. The van der Waals surface area contributed by atoms with Crippen LogP contribution in [0.2, 0.25) is 0 Å². The van der Waals surface area contributed by atoms with Gasteiger partial charge in [0.05, 0.1) is 0 Å². The van der Waals surface area contributed by atoms with Crippen LogP contribution < -0.4 is 10.6 Å². The molecule has 3 fully saturated rings. The molecule has 2 saturated carbocycles. The second-order valence-electron chi connectivity index (χ2n) is 10.5. The van der Waals surface area contributed by atoms with Gasteiger partial charge in [0.2, 0.25) is 0 Å². The van der Waals surface area contributed by atoms with Crippen molar-refractivity contribution in [2.24, 2.45) is 11.3 Å². The summed E-state index contributed by atoms with van der Waals surface area (Å²) in [6.07, 6.45) is 7.12. The van der Waals surface area contributed by atoms with Gasteiger partial charge >= 0.3 is 12.0 Å². The van der Waals surface area contributed by atoms with E-state index in [-0.39, 0.29) is 23.3 Å². The lowest BCUT2D eigenvalue weighted by molar-refractivity contribution is -0.157. The predicted molar refractivity (Wildman–Crippen MR) is 115 cm³/mol. The molecule has 2 N–H and O–H groups in total. The Bertz CT molecular complexity index is 715. The van der Waals surface area contributed by atoms with Gasteiger partial charge in [-0.05, 0) is 56.8 Å². The number of urea groups is 1. The summed E-state index contributed by atoms with van der Waals surface area (Å²) in [5.74, 6) is -0.962. The van der Waals surface area contributed by atoms with E-state index in [0.717, 1.165) is 43.4 Å². The van der Waals surface area contributed by atoms with E-state index >= 15 is 0 Å². The highest BCUT2D eigenvalue weighted by molar-refractivity contribution is 6.08. The first-order chi connectivity index (χ1) is 14.5. The maximum absolute atomic E-state index is 13.0. The normalized spacial score (nSPS) is 28.4. The third kappa shape index (κ3) is 5.39. The summed E-state index contributed by atoms with van der Waals surface area (Å²) in [5, 5.41) is 5.75. The van der Waals surface area contributed by atoms with Crippen LogP contribution in [0.3, 0.4) is 0 Å². The molecule has 4 amide bonds. The van der Waals surface area contributed by atoms with E-state index in [0.29, 0.717) is 18.8 Å². The second kappa shape index (κ2) is 9.17. The standard InChI is InChI=1S/C23H37N3O5/c1-15(19(28)24-17-8-6-5-7-9-17)31-18(27)14-26-20(29)23(25-21(26)30)12-10-16(11-13-23)22(2,3)4/h15-17H,5-14H2,1-4H3,(H,24,28)(H,25,30). The third-order valence-corrected chi connectivity index (χ3v) is 7.23. The van der Waals surface area contributed by atoms with Crippen LogP contribution in [0.15, 0.2) is 0 Å². The van der Waals surface area contributed by atoms with E-state index in [9.17, 15) is 19.2 Å². The van der Waals surface area contributed by atoms with Crippen molar-refractivity contribution < 1.29 is 23.9 Å². The topological polar surface area (TPSA) is 105 Å². The van der Waals surface area contributed by atoms with E-state index in [1.165, 1.54) is 13.3 Å². The molecule has 31 heavy (non-hydrogen) atoms. The number of ether oxygens (including phenoxy) is 1. The van der Waals surface area contributed by atoms with Crippen molar-refractivity contribution in [3.05, 3.63) is 0 Å². The zero-order chi connectivity index (χ0) is 22.8. The molecular formula is C23H37N3O5. The first kappa shape index (κ1) is 23.5. The monoisotopic (exact) mass is 435 g/mol. The molecule has 1 unspecified atom stereocenters. The Hall–Kier alpha value is -2.12. The summed E-state index contributed by atoms with van der Waals surface area (Å²) in [7, 11) is 0. The van der Waals surface area contributed by atoms with Gasteiger partial charge in [-0.15, -0.1) is 0 Å². The van der Waals surface area contributed by atoms with E-state index in [2.05, 4.69) is 31.4 Å². The van der Waals surface area contributed by atoms with Crippen LogP contribution in [0.1, 0.15) is 85.5 Å². The van der Waals surface area contributed by atoms with Gasteiger partial charge < -0.3 is 15.4 Å². The number of carbonyl (C=O) groups is 4. The molecule has 1 atom stereocenters. The molecule has 0 radical (unpaired) electrons. The van der Waals surface area contributed by atoms with Crippen molar-refractivity contribution >= 4 is 23.8 Å². The molecule has 0 aromatic carbocycles. The van der Waals surface area contributed by atoms with Crippen molar-refractivity contribution in [3.8, 4) is 0 Å². The molecular weight excluding hydrogens is 398 g/mol. The molecule has 1 spiro atoms. The molecule has 0 aromatic heterocycles. The van der Waals surface area contributed by atoms with E-state index in [1.54, 1.807) is 0 Å². The Morgan fingerprint density at radius 3 is 2.32 bits per heavy atom. The molecule has 8 nitrogen and oxygen atoms in total. The van der Waals surface area contributed by atoms with Crippen LogP contribution in [0.5, 0.6) is 0 Å². The van der Waals surface area contributed by atoms with Crippen LogP contribution in [-0.2, 0) is 19.1 Å². The van der Waals surface area contributed by atoms with Crippen LogP contribution in [-0.4, -0.2) is 52.9 Å². The summed E-state index contributed by atoms with van der Waals surface area (Å²) in [4.78, 5) is 51.1. The molecule has 3 rings (SSSR count). The van der Waals surface area contributed by atoms with Crippen LogP contribution >= 0.6 is 0 Å².